The zero-order valence-electron chi connectivity index (χ0n) is 30.5. The van der Waals surface area contributed by atoms with Crippen molar-refractivity contribution in [2.75, 3.05) is 12.4 Å². The highest BCUT2D eigenvalue weighted by Crippen LogP contribution is 2.35. The molecule has 1 atom stereocenters. The minimum atomic E-state index is -4.19. The summed E-state index contributed by atoms with van der Waals surface area (Å²) in [5, 5.41) is 4.32. The monoisotopic (exact) mass is 683 g/mol. The second-order valence-electron chi connectivity index (χ2n) is 11.8. The summed E-state index contributed by atoms with van der Waals surface area (Å²) in [6.07, 6.45) is 8.39. The number of aromatic amines is 1. The van der Waals surface area contributed by atoms with Crippen molar-refractivity contribution in [2.45, 2.75) is 112 Å². The number of rotatable bonds is 12. The van der Waals surface area contributed by atoms with Crippen molar-refractivity contribution >= 4 is 22.3 Å². The first-order valence-corrected chi connectivity index (χ1v) is 17.1. The van der Waals surface area contributed by atoms with Crippen LogP contribution < -0.4 is 5.32 Å². The predicted octanol–water partition coefficient (Wildman–Crippen LogP) is 12.9. The van der Waals surface area contributed by atoms with E-state index in [-0.39, 0.29) is 11.5 Å². The molecule has 0 radical (unpaired) electrons. The van der Waals surface area contributed by atoms with Crippen molar-refractivity contribution in [3.63, 3.8) is 0 Å². The van der Waals surface area contributed by atoms with E-state index in [0.717, 1.165) is 72.9 Å². The minimum Gasteiger partial charge on any atom is -0.388 e. The lowest BCUT2D eigenvalue weighted by Crippen LogP contribution is -2.06. The lowest BCUT2D eigenvalue weighted by molar-refractivity contribution is -0.126. The van der Waals surface area contributed by atoms with Gasteiger partial charge in [-0.25, -0.2) is 8.78 Å². The molecule has 0 fully saturated rings. The Bertz CT molecular complexity index is 1610. The average Bonchev–Trinajstić information content (AvgIpc) is 3.42. The molecule has 3 rings (SSSR count). The molecule has 0 spiro atoms. The van der Waals surface area contributed by atoms with Crippen molar-refractivity contribution in [1.82, 2.24) is 4.98 Å². The maximum Gasteiger partial charge on any atom is 0.393 e. The number of unbranched alkanes of at least 4 members (excludes halogenated alkanes) is 1. The maximum atomic E-state index is 14.6. The Morgan fingerprint density at radius 1 is 1.06 bits per heavy atom. The number of allylic oxidation sites excluding steroid dienone is 4. The molecule has 0 saturated heterocycles. The summed E-state index contributed by atoms with van der Waals surface area (Å²) in [6, 6.07) is 9.53. The third-order valence-electron chi connectivity index (χ3n) is 7.57. The summed E-state index contributed by atoms with van der Waals surface area (Å²) >= 11 is 0. The third kappa shape index (κ3) is 15.3. The Kier molecular flexibility index (Phi) is 19.7. The van der Waals surface area contributed by atoms with Crippen molar-refractivity contribution in [1.29, 1.82) is 0 Å². The molecule has 8 heteroatoms. The lowest BCUT2D eigenvalue weighted by Gasteiger charge is -2.15. The molecular weight excluding hydrogens is 629 g/mol. The van der Waals surface area contributed by atoms with E-state index in [1.54, 1.807) is 19.1 Å². The standard InChI is InChI=1S/C22H26F2N2.C11H16F3N.C8H12/c1-5-6-7-17-18-12-15(25-4)9-11-19(18)26-22(17)14(3)16-10-8-13(2)20(23)21(16)24;1-4-5-10(3)15-7-6-9(2)8-11(12,13)14;1-3-5-7-8-6-4-2/h8-12,14,25-26H,5-7H2,1-4H3;6-7H,2,4-5,8H2,1,3H3;5,7H,3-4H2,1-2H3/b;7-6-,15-10?;7-5+. The van der Waals surface area contributed by atoms with Crippen LogP contribution in [0, 0.1) is 30.4 Å². The largest absolute Gasteiger partial charge is 0.393 e. The second kappa shape index (κ2) is 22.5. The molecular formula is C41H54F5N3. The number of H-pyrrole nitrogens is 1. The Labute approximate surface area is 290 Å². The average molecular weight is 684 g/mol. The van der Waals surface area contributed by atoms with Gasteiger partial charge >= 0.3 is 6.18 Å². The van der Waals surface area contributed by atoms with Crippen LogP contribution in [0.15, 0.2) is 71.9 Å². The number of hydrogen-bond donors (Lipinski definition) is 2. The molecule has 1 unspecified atom stereocenters. The Balaban J connectivity index is 0.000000441. The van der Waals surface area contributed by atoms with Crippen molar-refractivity contribution in [3.8, 4) is 11.8 Å². The van der Waals surface area contributed by atoms with Crippen LogP contribution in [0.4, 0.5) is 27.6 Å². The van der Waals surface area contributed by atoms with E-state index < -0.39 is 24.2 Å². The van der Waals surface area contributed by atoms with E-state index >= 15 is 0 Å². The highest BCUT2D eigenvalue weighted by Gasteiger charge is 2.27. The van der Waals surface area contributed by atoms with Crippen LogP contribution in [0.5, 0.6) is 0 Å². The molecule has 0 amide bonds. The predicted molar refractivity (Wildman–Crippen MR) is 200 cm³/mol. The summed E-state index contributed by atoms with van der Waals surface area (Å²) in [6.45, 7) is 17.0. The van der Waals surface area contributed by atoms with Crippen LogP contribution in [0.2, 0.25) is 0 Å². The molecule has 2 aromatic carbocycles. The fraction of sp³-hybridized carbons (Fsp3) is 0.439. The highest BCUT2D eigenvalue weighted by atomic mass is 19.4. The first kappa shape index (κ1) is 42.9. The molecule has 1 heterocycles. The van der Waals surface area contributed by atoms with Crippen LogP contribution in [-0.2, 0) is 6.42 Å². The summed E-state index contributed by atoms with van der Waals surface area (Å²) in [4.78, 5) is 7.46. The Hall–Kier alpha value is -4.12. The molecule has 0 aliphatic rings. The molecule has 49 heavy (non-hydrogen) atoms. The van der Waals surface area contributed by atoms with Gasteiger partial charge in [-0.05, 0) is 92.1 Å². The van der Waals surface area contributed by atoms with Crippen molar-refractivity contribution in [3.05, 3.63) is 101 Å². The van der Waals surface area contributed by atoms with Gasteiger partial charge < -0.3 is 10.3 Å². The normalized spacial score (nSPS) is 12.2. The number of nitrogens with one attached hydrogen (secondary N) is 2. The van der Waals surface area contributed by atoms with E-state index in [1.165, 1.54) is 17.8 Å². The van der Waals surface area contributed by atoms with E-state index in [4.69, 9.17) is 0 Å². The number of hydrogen-bond acceptors (Lipinski definition) is 2. The van der Waals surface area contributed by atoms with Crippen LogP contribution >= 0.6 is 0 Å². The first-order chi connectivity index (χ1) is 23.2. The number of benzene rings is 2. The number of fused-ring (bicyclic) bond motifs is 1. The number of halogens is 5. The molecule has 0 saturated carbocycles. The molecule has 0 bridgehead atoms. The smallest absolute Gasteiger partial charge is 0.388 e. The molecule has 0 aliphatic carbocycles. The molecule has 2 N–H and O–H groups in total. The molecule has 3 aromatic rings. The van der Waals surface area contributed by atoms with Crippen molar-refractivity contribution < 1.29 is 22.0 Å². The van der Waals surface area contributed by atoms with Gasteiger partial charge in [0.2, 0.25) is 0 Å². The second-order valence-corrected chi connectivity index (χ2v) is 11.8. The quantitative estimate of drug-likeness (QED) is 0.0848. The van der Waals surface area contributed by atoms with Crippen molar-refractivity contribution in [2.24, 2.45) is 4.99 Å². The number of aliphatic imine (C=N–C) groups is 1. The molecule has 268 valence electrons. The summed E-state index contributed by atoms with van der Waals surface area (Å²) in [5.74, 6) is 4.11. The zero-order chi connectivity index (χ0) is 37.0. The van der Waals surface area contributed by atoms with Gasteiger partial charge in [0.1, 0.15) is 0 Å². The van der Waals surface area contributed by atoms with Crippen LogP contribution in [0.3, 0.4) is 0 Å². The molecule has 0 aliphatic heterocycles. The third-order valence-corrected chi connectivity index (χ3v) is 7.57. The minimum absolute atomic E-state index is 0.0237. The number of alkyl halides is 3. The Morgan fingerprint density at radius 2 is 1.78 bits per heavy atom. The maximum absolute atomic E-state index is 14.6. The van der Waals surface area contributed by atoms with Crippen LogP contribution in [-0.4, -0.2) is 23.9 Å². The van der Waals surface area contributed by atoms with E-state index in [9.17, 15) is 22.0 Å². The van der Waals surface area contributed by atoms with Gasteiger partial charge in [0.05, 0.1) is 6.42 Å². The van der Waals surface area contributed by atoms with E-state index in [0.29, 0.717) is 11.1 Å². The molecule has 3 nitrogen and oxygen atoms in total. The number of aromatic nitrogens is 1. The number of nitrogens with zero attached hydrogens (tertiary/aromatic N) is 1. The van der Waals surface area contributed by atoms with Gasteiger partial charge in [0, 0.05) is 53.6 Å². The summed E-state index contributed by atoms with van der Waals surface area (Å²) < 4.78 is 64.3. The topological polar surface area (TPSA) is 40.2 Å². The van der Waals surface area contributed by atoms with Gasteiger partial charge in [0.25, 0.3) is 0 Å². The Morgan fingerprint density at radius 3 is 2.37 bits per heavy atom. The highest BCUT2D eigenvalue weighted by molar-refractivity contribution is 5.88. The molecule has 1 aromatic heterocycles. The SMILES string of the molecule is C=C(/C=C\N=C(C)CCC)CC(F)(F)F.CCC#C/C=C/CC.CCCCc1c(C(C)c2ccc(C)c(F)c2F)[nH]c2ccc(NC)cc12. The van der Waals surface area contributed by atoms with Crippen LogP contribution in [0.1, 0.15) is 115 Å². The van der Waals surface area contributed by atoms with Gasteiger partial charge in [-0.3, -0.25) is 4.99 Å². The van der Waals surface area contributed by atoms with Gasteiger partial charge in [-0.2, -0.15) is 13.2 Å². The summed E-state index contributed by atoms with van der Waals surface area (Å²) in [5.41, 5.74) is 5.91. The van der Waals surface area contributed by atoms with Crippen LogP contribution in [0.25, 0.3) is 10.9 Å². The van der Waals surface area contributed by atoms with E-state index in [1.807, 2.05) is 53.0 Å². The van der Waals surface area contributed by atoms with Gasteiger partial charge in [-0.1, -0.05) is 84.1 Å². The van der Waals surface area contributed by atoms with E-state index in [2.05, 4.69) is 59.7 Å². The lowest BCUT2D eigenvalue weighted by atomic mass is 9.91. The zero-order valence-corrected chi connectivity index (χ0v) is 30.5. The first-order valence-electron chi connectivity index (χ1n) is 17.1. The number of anilines is 1. The van der Waals surface area contributed by atoms with Gasteiger partial charge in [0.15, 0.2) is 11.6 Å². The van der Waals surface area contributed by atoms with Gasteiger partial charge in [-0.15, -0.1) is 0 Å². The summed E-state index contributed by atoms with van der Waals surface area (Å²) in [7, 11) is 1.90. The fourth-order valence-corrected chi connectivity index (χ4v) is 4.92. The fourth-order valence-electron chi connectivity index (χ4n) is 4.92. The number of aryl methyl sites for hydroxylation is 2.